The van der Waals surface area contributed by atoms with Gasteiger partial charge >= 0.3 is 37.0 Å². The summed E-state index contributed by atoms with van der Waals surface area (Å²) in [6.45, 7) is 0. The van der Waals surface area contributed by atoms with Gasteiger partial charge in [0, 0.05) is 0 Å². The van der Waals surface area contributed by atoms with E-state index in [0.717, 1.165) is 0 Å². The first-order valence-electron chi connectivity index (χ1n) is 4.98. The van der Waals surface area contributed by atoms with Crippen LogP contribution in [0.1, 0.15) is 12.8 Å². The summed E-state index contributed by atoms with van der Waals surface area (Å²) in [6, 6.07) is 0. The maximum Gasteiger partial charge on any atom is 0.503 e. The van der Waals surface area contributed by atoms with Crippen LogP contribution in [-0.4, -0.2) is 57.4 Å². The topological polar surface area (TPSA) is 115 Å². The van der Waals surface area contributed by atoms with Crippen molar-refractivity contribution in [1.82, 2.24) is 0 Å². The fraction of sp³-hybridized carbons (Fsp3) is 0.750. The number of halogens is 12. The molecule has 0 aliphatic carbocycles. The predicted molar refractivity (Wildman–Crippen MR) is 54.8 cm³/mol. The van der Waals surface area contributed by atoms with Crippen LogP contribution in [0.15, 0.2) is 0 Å². The summed E-state index contributed by atoms with van der Waals surface area (Å²) in [7, 11) is 0. The van der Waals surface area contributed by atoms with E-state index >= 15 is 0 Å². The van der Waals surface area contributed by atoms with Crippen LogP contribution < -0.4 is 0 Å². The highest BCUT2D eigenvalue weighted by Crippen LogP contribution is 2.32. The van der Waals surface area contributed by atoms with Crippen LogP contribution in [0.5, 0.6) is 0 Å². The molecule has 0 aromatic carbocycles. The molecular formula is C8H8F12O6. The van der Waals surface area contributed by atoms with Gasteiger partial charge in [0.15, 0.2) is 0 Å². The Morgan fingerprint density at radius 1 is 0.462 bits per heavy atom. The fourth-order valence-corrected chi connectivity index (χ4v) is 0.455. The average molecular weight is 428 g/mol. The molecule has 4 N–H and O–H groups in total. The van der Waals surface area contributed by atoms with Crippen molar-refractivity contribution >= 4 is 12.3 Å². The van der Waals surface area contributed by atoms with E-state index in [9.17, 15) is 52.7 Å². The van der Waals surface area contributed by atoms with Crippen LogP contribution in [0.2, 0.25) is 0 Å². The lowest BCUT2D eigenvalue weighted by Crippen LogP contribution is -2.20. The Labute approximate surface area is 134 Å². The molecule has 0 aliphatic heterocycles. The average Bonchev–Trinajstić information content (AvgIpc) is 2.00. The summed E-state index contributed by atoms with van der Waals surface area (Å²) in [6.07, 6.45) is -29.6. The van der Waals surface area contributed by atoms with Gasteiger partial charge in [-0.3, -0.25) is 0 Å². The Morgan fingerprint density at radius 2 is 0.538 bits per heavy atom. The molecule has 0 radical (unpaired) electrons. The minimum atomic E-state index is -5.14. The first-order valence-corrected chi connectivity index (χ1v) is 4.98. The molecule has 26 heavy (non-hydrogen) atoms. The number of rotatable bonds is 0. The molecule has 0 atom stereocenters. The van der Waals surface area contributed by atoms with Gasteiger partial charge in [0.2, 0.25) is 0 Å². The molecule has 0 bridgehead atoms. The maximum atomic E-state index is 10.8. The van der Waals surface area contributed by atoms with Gasteiger partial charge in [0.1, 0.15) is 12.8 Å². The second kappa shape index (κ2) is 12.1. The van der Waals surface area contributed by atoms with Crippen molar-refractivity contribution in [3.63, 3.8) is 0 Å². The van der Waals surface area contributed by atoms with Gasteiger partial charge in [-0.15, -0.1) is 0 Å². The second-order valence-corrected chi connectivity index (χ2v) is 3.38. The number of alkyl halides is 12. The van der Waals surface area contributed by atoms with Crippen molar-refractivity contribution in [3.8, 4) is 0 Å². The van der Waals surface area contributed by atoms with E-state index in [1.54, 1.807) is 0 Å². The first-order chi connectivity index (χ1) is 10.9. The minimum Gasteiger partial charge on any atom is -0.450 e. The molecule has 18 heteroatoms. The van der Waals surface area contributed by atoms with Crippen LogP contribution in [0.25, 0.3) is 0 Å². The normalized spacial score (nSPS) is 11.5. The zero-order chi connectivity index (χ0) is 22.6. The molecule has 0 heterocycles. The van der Waals surface area contributed by atoms with Gasteiger partial charge in [0.05, 0.1) is 0 Å². The molecule has 0 spiro atoms. The molecule has 0 saturated heterocycles. The van der Waals surface area contributed by atoms with Crippen molar-refractivity contribution in [2.24, 2.45) is 0 Å². The third kappa shape index (κ3) is 98.8. The zero-order valence-corrected chi connectivity index (χ0v) is 11.6. The van der Waals surface area contributed by atoms with Crippen molar-refractivity contribution in [3.05, 3.63) is 0 Å². The SMILES string of the molecule is FC(F)(F)CC(F)(F)F.FC(F)(F)CC(F)(F)F.O=C(O)O.O=C(O)O. The van der Waals surface area contributed by atoms with E-state index in [1.165, 1.54) is 0 Å². The molecule has 0 unspecified atom stereocenters. The summed E-state index contributed by atoms with van der Waals surface area (Å²) < 4.78 is 130. The summed E-state index contributed by atoms with van der Waals surface area (Å²) in [5, 5.41) is 27.9. The van der Waals surface area contributed by atoms with Gasteiger partial charge < -0.3 is 20.4 Å². The number of hydrogen-bond acceptors (Lipinski definition) is 2. The summed E-state index contributed by atoms with van der Waals surface area (Å²) in [4.78, 5) is 17.1. The monoisotopic (exact) mass is 428 g/mol. The minimum absolute atomic E-state index is 1.83. The molecule has 6 nitrogen and oxygen atoms in total. The largest absolute Gasteiger partial charge is 0.503 e. The van der Waals surface area contributed by atoms with Crippen LogP contribution in [0.4, 0.5) is 62.3 Å². The Bertz CT molecular complexity index is 322. The molecule has 0 fully saturated rings. The highest BCUT2D eigenvalue weighted by molar-refractivity contribution is 5.53. The van der Waals surface area contributed by atoms with Crippen molar-refractivity contribution in [2.75, 3.05) is 0 Å². The van der Waals surface area contributed by atoms with E-state index in [0.29, 0.717) is 0 Å². The van der Waals surface area contributed by atoms with E-state index in [4.69, 9.17) is 30.0 Å². The summed E-state index contributed by atoms with van der Waals surface area (Å²) in [5.74, 6) is 0. The van der Waals surface area contributed by atoms with Gasteiger partial charge in [-0.2, -0.15) is 52.7 Å². The molecule has 160 valence electrons. The van der Waals surface area contributed by atoms with Crippen LogP contribution in [0, 0.1) is 0 Å². The van der Waals surface area contributed by atoms with E-state index in [2.05, 4.69) is 0 Å². The Kier molecular flexibility index (Phi) is 14.7. The lowest BCUT2D eigenvalue weighted by Gasteiger charge is -2.08. The van der Waals surface area contributed by atoms with Crippen LogP contribution in [0.3, 0.4) is 0 Å². The molecule has 0 aliphatic rings. The van der Waals surface area contributed by atoms with Gasteiger partial charge in [-0.1, -0.05) is 0 Å². The smallest absolute Gasteiger partial charge is 0.450 e. The Hall–Kier alpha value is -2.30. The van der Waals surface area contributed by atoms with Gasteiger partial charge in [0.25, 0.3) is 0 Å². The Balaban J connectivity index is -0.000000134. The molecule has 0 aromatic rings. The van der Waals surface area contributed by atoms with Crippen molar-refractivity contribution in [1.29, 1.82) is 0 Å². The zero-order valence-electron chi connectivity index (χ0n) is 11.6. The second-order valence-electron chi connectivity index (χ2n) is 3.38. The van der Waals surface area contributed by atoms with E-state index < -0.39 is 49.9 Å². The van der Waals surface area contributed by atoms with Crippen LogP contribution >= 0.6 is 0 Å². The fourth-order valence-electron chi connectivity index (χ4n) is 0.455. The summed E-state index contributed by atoms with van der Waals surface area (Å²) in [5.41, 5.74) is 0. The molecule has 0 rings (SSSR count). The lowest BCUT2D eigenvalue weighted by atomic mass is 10.4. The van der Waals surface area contributed by atoms with Gasteiger partial charge in [-0.05, 0) is 0 Å². The standard InChI is InChI=1S/2C3H2F6.2CH2O3/c2*4-2(5,6)1-3(7,8)9;2*2-1(3)4/h2*1H2;2*(H2,2,3,4). The predicted octanol–water partition coefficient (Wildman–Crippen LogP) is 5.45. The van der Waals surface area contributed by atoms with E-state index in [1.807, 2.05) is 0 Å². The highest BCUT2D eigenvalue weighted by atomic mass is 19.4. The number of carboxylic acid groups (broad SMARTS) is 4. The Morgan fingerprint density at radius 3 is 0.538 bits per heavy atom. The molecule has 0 amide bonds. The number of carbonyl (C=O) groups is 2. The first kappa shape index (κ1) is 31.5. The van der Waals surface area contributed by atoms with Crippen LogP contribution in [-0.2, 0) is 0 Å². The van der Waals surface area contributed by atoms with E-state index in [-0.39, 0.29) is 0 Å². The maximum absolute atomic E-state index is 10.8. The quantitative estimate of drug-likeness (QED) is 0.382. The highest BCUT2D eigenvalue weighted by Gasteiger charge is 2.44. The molecule has 0 aromatic heterocycles. The third-order valence-corrected chi connectivity index (χ3v) is 0.802. The van der Waals surface area contributed by atoms with Crippen molar-refractivity contribution < 1.29 is 82.7 Å². The third-order valence-electron chi connectivity index (χ3n) is 0.802. The molecule has 0 saturated carbocycles. The summed E-state index contributed by atoms with van der Waals surface area (Å²) >= 11 is 0. The lowest BCUT2D eigenvalue weighted by molar-refractivity contribution is -0.233. The molecular weight excluding hydrogens is 420 g/mol. The number of hydrogen-bond donors (Lipinski definition) is 4. The van der Waals surface area contributed by atoms with Gasteiger partial charge in [-0.25, -0.2) is 9.59 Å². The van der Waals surface area contributed by atoms with Crippen molar-refractivity contribution in [2.45, 2.75) is 37.5 Å².